The van der Waals surface area contributed by atoms with Crippen molar-refractivity contribution in [3.05, 3.63) is 180 Å². The quantitative estimate of drug-likeness (QED) is 0.152. The number of anilines is 2. The molecular weight excluding hydrogens is 729 g/mol. The van der Waals surface area contributed by atoms with Crippen molar-refractivity contribution in [1.29, 1.82) is 0 Å². The van der Waals surface area contributed by atoms with Crippen LogP contribution < -0.4 is 27.5 Å². The van der Waals surface area contributed by atoms with Gasteiger partial charge in [0.15, 0.2) is 0 Å². The van der Waals surface area contributed by atoms with E-state index in [9.17, 15) is 0 Å². The molecule has 8 nitrogen and oxygen atoms in total. The molecule has 10 heteroatoms. The van der Waals surface area contributed by atoms with Gasteiger partial charge in [0.05, 0.1) is 0 Å². The predicted molar refractivity (Wildman–Crippen MR) is 227 cm³/mol. The van der Waals surface area contributed by atoms with Crippen LogP contribution in [0.3, 0.4) is 0 Å². The second kappa shape index (κ2) is 12.6. The number of fused-ring (bicyclic) bond motifs is 2. The Hall–Kier alpha value is -5.82. The van der Waals surface area contributed by atoms with Crippen molar-refractivity contribution in [3.63, 3.8) is 0 Å². The fraction of sp³-hybridized carbons (Fsp3) is 0.196. The Kier molecular flexibility index (Phi) is 7.80. The first kappa shape index (κ1) is 34.7. The number of hydrogen-bond acceptors (Lipinski definition) is 7. The maximum atomic E-state index is 7.85. The summed E-state index contributed by atoms with van der Waals surface area (Å²) in [5.41, 5.74) is 8.01. The molecule has 0 N–H and O–H groups in total. The number of benzene rings is 6. The zero-order valence-corrected chi connectivity index (χ0v) is 34.3. The first-order valence-corrected chi connectivity index (χ1v) is 24.6. The van der Waals surface area contributed by atoms with Crippen LogP contribution in [-0.2, 0) is 5.16 Å². The molecule has 1 spiro atoms. The first-order chi connectivity index (χ1) is 27.3. The van der Waals surface area contributed by atoms with Gasteiger partial charge in [-0.2, -0.15) is 0 Å². The molecule has 1 atom stereocenters. The van der Waals surface area contributed by atoms with Crippen LogP contribution in [0.25, 0.3) is 0 Å². The van der Waals surface area contributed by atoms with Crippen LogP contribution in [0.4, 0.5) is 11.4 Å². The zero-order valence-electron chi connectivity index (χ0n) is 32.3. The van der Waals surface area contributed by atoms with Gasteiger partial charge in [-0.05, 0) is 0 Å². The van der Waals surface area contributed by atoms with Gasteiger partial charge in [-0.1, -0.05) is 0 Å². The summed E-state index contributed by atoms with van der Waals surface area (Å²) < 4.78 is 38.3. The molecule has 0 saturated carbocycles. The standard InChI is InChI=1S/C46H46N4O4Si2/c1-51-39-25-27-41-43(33-39)53-56(4)49(45(41)35-17-9-5-10-18-35)31-32-50(56)46(36-19-11-6-12-20-36,42-28-26-40(52-2)34-44(42)54-56)55(3)47(37-21-13-7-14-22-37)29-30-48(55)38-23-15-8-16-24-38/h5-28,33-34H,29-32H2,1-4H3/t46-/m1/s1. The van der Waals surface area contributed by atoms with Crippen LogP contribution in [0.5, 0.6) is 23.0 Å². The van der Waals surface area contributed by atoms with Gasteiger partial charge < -0.3 is 0 Å². The molecule has 6 aromatic carbocycles. The maximum absolute atomic E-state index is 7.85. The van der Waals surface area contributed by atoms with Crippen LogP contribution in [0, 0.1) is 0 Å². The van der Waals surface area contributed by atoms with Crippen molar-refractivity contribution in [3.8, 4) is 23.0 Å². The molecule has 0 bridgehead atoms. The number of methoxy groups -OCH3 is 2. The summed E-state index contributed by atoms with van der Waals surface area (Å²) in [6.07, 6.45) is 0. The molecule has 6 aromatic rings. The summed E-state index contributed by atoms with van der Waals surface area (Å²) in [7, 11) is -4.33. The molecule has 4 aliphatic heterocycles. The molecule has 2 fully saturated rings. The van der Waals surface area contributed by atoms with Gasteiger partial charge in [0, 0.05) is 0 Å². The third-order valence-electron chi connectivity index (χ3n) is 12.8. The Morgan fingerprint density at radius 1 is 0.625 bits per heavy atom. The molecule has 0 amide bonds. The van der Waals surface area contributed by atoms with Crippen LogP contribution >= 0.6 is 0 Å². The number of rotatable bonds is 7. The minimum absolute atomic E-state index is 0.708. The van der Waals surface area contributed by atoms with Crippen molar-refractivity contribution in [2.24, 2.45) is 0 Å². The van der Waals surface area contributed by atoms with E-state index in [0.29, 0.717) is 13.1 Å². The van der Waals surface area contributed by atoms with Gasteiger partial charge in [-0.15, -0.1) is 0 Å². The average molecular weight is 775 g/mol. The van der Waals surface area contributed by atoms with Crippen LogP contribution in [0.2, 0.25) is 13.1 Å². The molecule has 4 aliphatic rings. The average Bonchev–Trinajstić information content (AvgIpc) is 3.77. The number of para-hydroxylation sites is 2. The summed E-state index contributed by atoms with van der Waals surface area (Å²) in [5.74, 6) is 3.02. The molecule has 0 aromatic heterocycles. The van der Waals surface area contributed by atoms with Crippen molar-refractivity contribution < 1.29 is 22.6 Å². The second-order valence-corrected chi connectivity index (χ2v) is 23.6. The monoisotopic (exact) mass is 774 g/mol. The van der Waals surface area contributed by atoms with Gasteiger partial charge in [0.25, 0.3) is 0 Å². The van der Waals surface area contributed by atoms with Gasteiger partial charge in [-0.25, -0.2) is 0 Å². The summed E-state index contributed by atoms with van der Waals surface area (Å²) >= 11 is 0. The Bertz CT molecular complexity index is 2440. The molecule has 10 rings (SSSR count). The first-order valence-electron chi connectivity index (χ1n) is 19.5. The van der Waals surface area contributed by atoms with E-state index < -0.39 is 21.7 Å². The van der Waals surface area contributed by atoms with E-state index in [-0.39, 0.29) is 0 Å². The van der Waals surface area contributed by atoms with Gasteiger partial charge in [-0.3, -0.25) is 0 Å². The second-order valence-electron chi connectivity index (χ2n) is 15.4. The number of hydrogen-bond donors (Lipinski definition) is 0. The third kappa shape index (κ3) is 4.57. The Balaban J connectivity index is 1.37. The Labute approximate surface area is 330 Å². The Morgan fingerprint density at radius 3 is 1.73 bits per heavy atom. The summed E-state index contributed by atoms with van der Waals surface area (Å²) in [4.78, 5) is 0. The van der Waals surface area contributed by atoms with E-state index in [2.05, 4.69) is 177 Å². The molecule has 0 unspecified atom stereocenters. The van der Waals surface area contributed by atoms with E-state index in [1.54, 1.807) is 14.2 Å². The van der Waals surface area contributed by atoms with Crippen molar-refractivity contribution in [2.75, 3.05) is 49.5 Å². The minimum atomic E-state index is -4.61. The van der Waals surface area contributed by atoms with E-state index in [4.69, 9.17) is 18.3 Å². The summed E-state index contributed by atoms with van der Waals surface area (Å²) in [6, 6.07) is 56.6. The number of ether oxygens (including phenoxy) is 2. The Morgan fingerprint density at radius 2 is 1.14 bits per heavy atom. The van der Waals surface area contributed by atoms with E-state index >= 15 is 0 Å². The predicted octanol–water partition coefficient (Wildman–Crippen LogP) is 8.26. The van der Waals surface area contributed by atoms with Gasteiger partial charge in [0.2, 0.25) is 0 Å². The van der Waals surface area contributed by atoms with Crippen LogP contribution in [0.1, 0.15) is 22.3 Å². The molecule has 4 heterocycles. The molecular formula is C46H46N4O4Si2. The zero-order chi connectivity index (χ0) is 38.1. The molecule has 56 heavy (non-hydrogen) atoms. The van der Waals surface area contributed by atoms with Crippen LogP contribution in [0.15, 0.2) is 158 Å². The topological polar surface area (TPSA) is 49.7 Å². The number of nitrogens with zero attached hydrogens (tertiary/aromatic N) is 4. The van der Waals surface area contributed by atoms with Crippen molar-refractivity contribution in [1.82, 2.24) is 4.57 Å². The molecule has 282 valence electrons. The summed E-state index contributed by atoms with van der Waals surface area (Å²) in [6.45, 7) is 8.02. The fourth-order valence-electron chi connectivity index (χ4n) is 10.6. The van der Waals surface area contributed by atoms with E-state index in [0.717, 1.165) is 58.5 Å². The van der Waals surface area contributed by atoms with Gasteiger partial charge >= 0.3 is 332 Å². The van der Waals surface area contributed by atoms with E-state index in [1.165, 1.54) is 16.9 Å². The third-order valence-corrected chi connectivity index (χ3v) is 23.1. The fourth-order valence-corrected chi connectivity index (χ4v) is 22.6. The SMILES string of the molecule is COc1ccc2c(c1)O[Si-]13(C)Oc4cc(OC)ccc4[C@@](c4ccccc4)([Si]4(C)N(c5ccccc5)CCN4c4ccccc4)N1CC[N+]3=C2c1ccccc1. The van der Waals surface area contributed by atoms with Gasteiger partial charge in [0.1, 0.15) is 0 Å². The van der Waals surface area contributed by atoms with Crippen molar-refractivity contribution in [2.45, 2.75) is 18.3 Å². The van der Waals surface area contributed by atoms with Crippen LogP contribution in [-0.4, -0.2) is 71.5 Å². The molecule has 0 radical (unpaired) electrons. The van der Waals surface area contributed by atoms with E-state index in [1.807, 2.05) is 12.1 Å². The summed E-state index contributed by atoms with van der Waals surface area (Å²) in [5, 5.41) is -0.744. The molecule has 2 saturated heterocycles. The normalized spacial score (nSPS) is 22.0. The molecule has 0 aliphatic carbocycles. The van der Waals surface area contributed by atoms with Crippen molar-refractivity contribution >= 4 is 33.6 Å².